The van der Waals surface area contributed by atoms with Crippen molar-refractivity contribution in [1.29, 1.82) is 0 Å². The molecule has 0 aromatic heterocycles. The molecule has 10 heteroatoms. The van der Waals surface area contributed by atoms with Crippen molar-refractivity contribution in [2.75, 3.05) is 19.8 Å². The first-order valence-corrected chi connectivity index (χ1v) is 7.06. The summed E-state index contributed by atoms with van der Waals surface area (Å²) < 4.78 is 5.35. The van der Waals surface area contributed by atoms with Crippen molar-refractivity contribution >= 4 is 11.8 Å². The molecule has 23 heavy (non-hydrogen) atoms. The zero-order valence-electron chi connectivity index (χ0n) is 12.6. The van der Waals surface area contributed by atoms with Gasteiger partial charge in [0, 0.05) is 6.54 Å². The number of nitrogens with two attached hydrogens (primary N) is 1. The van der Waals surface area contributed by atoms with Crippen molar-refractivity contribution in [2.24, 2.45) is 5.73 Å². The Hall–Kier alpha value is -1.56. The van der Waals surface area contributed by atoms with E-state index in [1.54, 1.807) is 0 Å². The predicted molar refractivity (Wildman–Crippen MR) is 75.4 cm³/mol. The van der Waals surface area contributed by atoms with E-state index in [1.165, 1.54) is 6.08 Å². The van der Waals surface area contributed by atoms with Gasteiger partial charge >= 0.3 is 0 Å². The molecule has 0 radical (unpaired) electrons. The zero-order valence-corrected chi connectivity index (χ0v) is 12.6. The predicted octanol–water partition coefficient (Wildman–Crippen LogP) is -3.97. The lowest BCUT2D eigenvalue weighted by atomic mass is 9.84. The summed E-state index contributed by atoms with van der Waals surface area (Å²) >= 11 is 0. The summed E-state index contributed by atoms with van der Waals surface area (Å²) in [6.07, 6.45) is -0.521. The molecule has 4 atom stereocenters. The minimum atomic E-state index is -2.33. The first-order chi connectivity index (χ1) is 10.6. The van der Waals surface area contributed by atoms with Gasteiger partial charge in [-0.1, -0.05) is 6.08 Å². The Morgan fingerprint density at radius 2 is 2.09 bits per heavy atom. The molecule has 0 aliphatic carbocycles. The van der Waals surface area contributed by atoms with E-state index in [1.807, 2.05) is 0 Å². The van der Waals surface area contributed by atoms with Gasteiger partial charge in [0.05, 0.1) is 13.2 Å². The molecule has 3 rings (SSSR count). The van der Waals surface area contributed by atoms with E-state index < -0.39 is 41.6 Å². The number of fused-ring (bicyclic) bond motifs is 5. The first-order valence-electron chi connectivity index (χ1n) is 7.06. The van der Waals surface area contributed by atoms with Crippen LogP contribution in [0.15, 0.2) is 11.6 Å². The largest absolute Gasteiger partial charge is 0.393 e. The summed E-state index contributed by atoms with van der Waals surface area (Å²) in [4.78, 5) is 24.7. The van der Waals surface area contributed by atoms with E-state index in [2.05, 4.69) is 10.6 Å². The fourth-order valence-corrected chi connectivity index (χ4v) is 2.65. The molecule has 2 amide bonds. The number of aliphatic hydroxyl groups excluding tert-OH is 2. The molecule has 3 heterocycles. The molecule has 10 nitrogen and oxygen atoms in total. The zero-order chi connectivity index (χ0) is 17.5. The summed E-state index contributed by atoms with van der Waals surface area (Å²) in [7, 11) is 0. The Bertz CT molecular complexity index is 550. The van der Waals surface area contributed by atoms with E-state index in [4.69, 9.17) is 10.5 Å². The monoisotopic (exact) mass is 331 g/mol. The average Bonchev–Trinajstić information content (AvgIpc) is 2.49. The van der Waals surface area contributed by atoms with Crippen LogP contribution in [0.2, 0.25) is 0 Å². The number of carbonyl (C=O) groups excluding carboxylic acids is 2. The van der Waals surface area contributed by atoms with Gasteiger partial charge in [-0.3, -0.25) is 9.59 Å². The fraction of sp³-hybridized carbons (Fsp3) is 0.692. The molecule has 3 saturated heterocycles. The number of carbonyl (C=O) groups is 2. The minimum Gasteiger partial charge on any atom is -0.393 e. The van der Waals surface area contributed by atoms with Crippen LogP contribution in [0.4, 0.5) is 0 Å². The molecule has 3 fully saturated rings. The van der Waals surface area contributed by atoms with Crippen LogP contribution < -0.4 is 16.4 Å². The van der Waals surface area contributed by atoms with Crippen LogP contribution in [0.3, 0.4) is 0 Å². The van der Waals surface area contributed by atoms with Gasteiger partial charge in [0.2, 0.25) is 5.72 Å². The second kappa shape index (κ2) is 5.82. The maximum absolute atomic E-state index is 12.4. The van der Waals surface area contributed by atoms with Crippen LogP contribution in [-0.4, -0.2) is 75.2 Å². The second-order valence-electron chi connectivity index (χ2n) is 5.84. The van der Waals surface area contributed by atoms with Gasteiger partial charge in [0.15, 0.2) is 0 Å². The number of ether oxygens (including phenoxy) is 1. The Labute approximate surface area is 131 Å². The van der Waals surface area contributed by atoms with E-state index >= 15 is 0 Å². The molecule has 3 aliphatic heterocycles. The van der Waals surface area contributed by atoms with Gasteiger partial charge < -0.3 is 41.5 Å². The number of amides is 2. The van der Waals surface area contributed by atoms with Crippen LogP contribution in [0, 0.1) is 0 Å². The van der Waals surface area contributed by atoms with E-state index in [9.17, 15) is 30.0 Å². The minimum absolute atomic E-state index is 0.0355. The highest BCUT2D eigenvalue weighted by Crippen LogP contribution is 2.33. The van der Waals surface area contributed by atoms with Crippen molar-refractivity contribution in [3.63, 3.8) is 0 Å². The average molecular weight is 331 g/mol. The summed E-state index contributed by atoms with van der Waals surface area (Å²) in [5.41, 5.74) is -1.22. The third-order valence-corrected chi connectivity index (χ3v) is 4.08. The molecule has 8 N–H and O–H groups in total. The highest BCUT2D eigenvalue weighted by Gasteiger charge is 2.63. The van der Waals surface area contributed by atoms with Gasteiger partial charge in [0.25, 0.3) is 17.5 Å². The normalized spacial score (nSPS) is 36.7. The number of nitrogens with one attached hydrogen (secondary N) is 2. The molecule has 0 aromatic rings. The van der Waals surface area contributed by atoms with Gasteiger partial charge in [-0.25, -0.2) is 0 Å². The third-order valence-electron chi connectivity index (χ3n) is 4.08. The molecule has 0 spiro atoms. The molecule has 0 aromatic carbocycles. The summed E-state index contributed by atoms with van der Waals surface area (Å²) in [5, 5.41) is 44.2. The van der Waals surface area contributed by atoms with Gasteiger partial charge in [0.1, 0.15) is 11.7 Å². The van der Waals surface area contributed by atoms with Crippen molar-refractivity contribution in [3.8, 4) is 0 Å². The lowest BCUT2D eigenvalue weighted by Gasteiger charge is -2.50. The maximum atomic E-state index is 12.4. The highest BCUT2D eigenvalue weighted by atomic mass is 16.5. The van der Waals surface area contributed by atoms with Crippen molar-refractivity contribution < 1.29 is 34.8 Å². The molecule has 0 unspecified atom stereocenters. The van der Waals surface area contributed by atoms with Gasteiger partial charge in [-0.15, -0.1) is 0 Å². The number of hydrogen-bond donors (Lipinski definition) is 7. The fourth-order valence-electron chi connectivity index (χ4n) is 2.65. The summed E-state index contributed by atoms with van der Waals surface area (Å²) in [6.45, 7) is 0.0910. The summed E-state index contributed by atoms with van der Waals surface area (Å²) in [6, 6.07) is 0. The Morgan fingerprint density at radius 3 is 2.65 bits per heavy atom. The Morgan fingerprint density at radius 1 is 1.43 bits per heavy atom. The number of aliphatic hydroxyl groups is 4. The molecule has 3 aliphatic rings. The Kier molecular flexibility index (Phi) is 4.50. The van der Waals surface area contributed by atoms with Gasteiger partial charge in [-0.05, 0) is 18.9 Å². The lowest BCUT2D eigenvalue weighted by Crippen LogP contribution is -2.82. The van der Waals surface area contributed by atoms with Crippen LogP contribution in [0.1, 0.15) is 13.3 Å². The van der Waals surface area contributed by atoms with Crippen LogP contribution in [0.25, 0.3) is 0 Å². The van der Waals surface area contributed by atoms with Crippen LogP contribution in [0.5, 0.6) is 0 Å². The summed E-state index contributed by atoms with van der Waals surface area (Å²) in [5.74, 6) is -2.09. The third kappa shape index (κ3) is 2.63. The molecule has 2 bridgehead atoms. The molecular formula is C13H21N3O7. The van der Waals surface area contributed by atoms with E-state index in [0.717, 1.165) is 6.92 Å². The van der Waals surface area contributed by atoms with Crippen molar-refractivity contribution in [3.05, 3.63) is 11.6 Å². The smallest absolute Gasteiger partial charge is 0.280 e. The second-order valence-corrected chi connectivity index (χ2v) is 5.84. The van der Waals surface area contributed by atoms with Crippen molar-refractivity contribution in [2.45, 2.75) is 36.5 Å². The van der Waals surface area contributed by atoms with E-state index in [0.29, 0.717) is 0 Å². The van der Waals surface area contributed by atoms with Crippen LogP contribution >= 0.6 is 0 Å². The SMILES string of the molecule is C[C@](O)(CO)[C@H](O)[C@@]12NC(=O)[C@@](O)(NC1=O)/C(=C/CN)CCO2. The number of hydrogen-bond acceptors (Lipinski definition) is 8. The maximum Gasteiger partial charge on any atom is 0.280 e. The van der Waals surface area contributed by atoms with Crippen molar-refractivity contribution in [1.82, 2.24) is 10.6 Å². The van der Waals surface area contributed by atoms with Crippen LogP contribution in [-0.2, 0) is 14.3 Å². The molecule has 130 valence electrons. The number of rotatable bonds is 4. The quantitative estimate of drug-likeness (QED) is 0.255. The lowest BCUT2D eigenvalue weighted by molar-refractivity contribution is -0.230. The Balaban J connectivity index is 2.47. The standard InChI is InChI=1S/C13H21N3O7/c1-11(21,6-17)8(18)13-10(20)15-12(22,9(19)16-13)7(2-4-14)3-5-23-13/h2,8,17-18,21-22H,3-6,14H2,1H3,(H,15,20)(H,16,19)/b7-2+/t8-,11-,12+,13-/m0/s1. The van der Waals surface area contributed by atoms with E-state index in [-0.39, 0.29) is 25.1 Å². The molecular weight excluding hydrogens is 310 g/mol. The molecule has 0 saturated carbocycles. The highest BCUT2D eigenvalue weighted by molar-refractivity contribution is 6.03. The van der Waals surface area contributed by atoms with Gasteiger partial charge in [-0.2, -0.15) is 0 Å². The number of piperazine rings is 1. The topological polar surface area (TPSA) is 174 Å². The first kappa shape index (κ1) is 17.8.